The third-order valence-corrected chi connectivity index (χ3v) is 4.63. The van der Waals surface area contributed by atoms with Gasteiger partial charge in [-0.05, 0) is 50.3 Å². The van der Waals surface area contributed by atoms with Gasteiger partial charge in [-0.3, -0.25) is 4.79 Å². The van der Waals surface area contributed by atoms with Crippen LogP contribution in [0.5, 0.6) is 5.75 Å². The minimum atomic E-state index is -0.0885. The van der Waals surface area contributed by atoms with Crippen molar-refractivity contribution in [2.75, 3.05) is 0 Å². The standard InChI is InChI=1S/C20H23NO2/c1-14-8-11-19(22)18(12-14)20(23)21(15(2)17-9-10-17)13-16-6-4-3-5-7-16/h3-8,11-12,15,17,22H,9-10,13H2,1-2H3. The van der Waals surface area contributed by atoms with Gasteiger partial charge in [-0.1, -0.05) is 42.0 Å². The van der Waals surface area contributed by atoms with Crippen molar-refractivity contribution in [1.82, 2.24) is 4.90 Å². The number of aryl methyl sites for hydroxylation is 1. The molecule has 1 fully saturated rings. The molecule has 3 heteroatoms. The Morgan fingerprint density at radius 1 is 1.22 bits per heavy atom. The quantitative estimate of drug-likeness (QED) is 0.901. The second kappa shape index (κ2) is 6.45. The van der Waals surface area contributed by atoms with Crippen LogP contribution in [0.2, 0.25) is 0 Å². The van der Waals surface area contributed by atoms with Crippen LogP contribution in [-0.2, 0) is 6.54 Å². The molecule has 23 heavy (non-hydrogen) atoms. The minimum absolute atomic E-state index is 0.0571. The maximum atomic E-state index is 13.1. The van der Waals surface area contributed by atoms with Crippen LogP contribution < -0.4 is 0 Å². The van der Waals surface area contributed by atoms with Crippen LogP contribution in [-0.4, -0.2) is 22.0 Å². The van der Waals surface area contributed by atoms with Crippen molar-refractivity contribution < 1.29 is 9.90 Å². The summed E-state index contributed by atoms with van der Waals surface area (Å²) in [5, 5.41) is 10.1. The molecule has 2 aromatic rings. The monoisotopic (exact) mass is 309 g/mol. The van der Waals surface area contributed by atoms with Gasteiger partial charge in [0.15, 0.2) is 0 Å². The van der Waals surface area contributed by atoms with Crippen LogP contribution >= 0.6 is 0 Å². The average molecular weight is 309 g/mol. The molecule has 3 nitrogen and oxygen atoms in total. The summed E-state index contributed by atoms with van der Waals surface area (Å²) in [4.78, 5) is 15.0. The van der Waals surface area contributed by atoms with E-state index in [1.807, 2.05) is 48.2 Å². The van der Waals surface area contributed by atoms with E-state index in [0.717, 1.165) is 11.1 Å². The zero-order valence-corrected chi connectivity index (χ0v) is 13.7. The summed E-state index contributed by atoms with van der Waals surface area (Å²) in [6.45, 7) is 4.62. The highest BCUT2D eigenvalue weighted by atomic mass is 16.3. The van der Waals surface area contributed by atoms with Gasteiger partial charge in [0, 0.05) is 12.6 Å². The van der Waals surface area contributed by atoms with E-state index in [0.29, 0.717) is 18.0 Å². The second-order valence-corrected chi connectivity index (χ2v) is 6.52. The fourth-order valence-electron chi connectivity index (χ4n) is 2.99. The van der Waals surface area contributed by atoms with Gasteiger partial charge in [-0.2, -0.15) is 0 Å². The molecule has 0 spiro atoms. The summed E-state index contributed by atoms with van der Waals surface area (Å²) in [5.41, 5.74) is 2.49. The number of rotatable bonds is 5. The van der Waals surface area contributed by atoms with Crippen LogP contribution in [0.4, 0.5) is 0 Å². The predicted molar refractivity (Wildman–Crippen MR) is 91.3 cm³/mol. The van der Waals surface area contributed by atoms with Crippen molar-refractivity contribution in [3.05, 3.63) is 65.2 Å². The topological polar surface area (TPSA) is 40.5 Å². The van der Waals surface area contributed by atoms with E-state index >= 15 is 0 Å². The molecule has 2 aromatic carbocycles. The molecule has 1 amide bonds. The van der Waals surface area contributed by atoms with Gasteiger partial charge < -0.3 is 10.0 Å². The van der Waals surface area contributed by atoms with Gasteiger partial charge in [-0.15, -0.1) is 0 Å². The zero-order valence-electron chi connectivity index (χ0n) is 13.7. The van der Waals surface area contributed by atoms with E-state index in [2.05, 4.69) is 6.92 Å². The summed E-state index contributed by atoms with van der Waals surface area (Å²) in [7, 11) is 0. The molecule has 1 N–H and O–H groups in total. The predicted octanol–water partition coefficient (Wildman–Crippen LogP) is 4.14. The van der Waals surface area contributed by atoms with Gasteiger partial charge >= 0.3 is 0 Å². The molecule has 120 valence electrons. The van der Waals surface area contributed by atoms with E-state index in [1.54, 1.807) is 12.1 Å². The first-order valence-corrected chi connectivity index (χ1v) is 8.21. The lowest BCUT2D eigenvalue weighted by molar-refractivity contribution is 0.0651. The summed E-state index contributed by atoms with van der Waals surface area (Å²) >= 11 is 0. The average Bonchev–Trinajstić information content (AvgIpc) is 3.39. The number of aromatic hydroxyl groups is 1. The minimum Gasteiger partial charge on any atom is -0.507 e. The van der Waals surface area contributed by atoms with E-state index < -0.39 is 0 Å². The molecule has 0 aromatic heterocycles. The molecule has 1 unspecified atom stereocenters. The molecule has 3 rings (SSSR count). The first kappa shape index (κ1) is 15.6. The van der Waals surface area contributed by atoms with E-state index in [4.69, 9.17) is 0 Å². The number of hydrogen-bond acceptors (Lipinski definition) is 2. The maximum Gasteiger partial charge on any atom is 0.258 e. The number of carbonyl (C=O) groups excluding carboxylic acids is 1. The number of hydrogen-bond donors (Lipinski definition) is 1. The van der Waals surface area contributed by atoms with Crippen molar-refractivity contribution in [3.8, 4) is 5.75 Å². The first-order chi connectivity index (χ1) is 11.1. The molecule has 0 radical (unpaired) electrons. The van der Waals surface area contributed by atoms with Crippen LogP contribution in [0.25, 0.3) is 0 Å². The van der Waals surface area contributed by atoms with Gasteiger partial charge in [0.05, 0.1) is 5.56 Å². The summed E-state index contributed by atoms with van der Waals surface area (Å²) in [6.07, 6.45) is 2.36. The van der Waals surface area contributed by atoms with Crippen LogP contribution in [0.3, 0.4) is 0 Å². The number of amides is 1. The second-order valence-electron chi connectivity index (χ2n) is 6.52. The number of phenols is 1. The van der Waals surface area contributed by atoms with Crippen LogP contribution in [0.1, 0.15) is 41.3 Å². The number of phenolic OH excluding ortho intramolecular Hbond substituents is 1. The van der Waals surface area contributed by atoms with Gasteiger partial charge in [0.25, 0.3) is 5.91 Å². The third-order valence-electron chi connectivity index (χ3n) is 4.63. The SMILES string of the molecule is Cc1ccc(O)c(C(=O)N(Cc2ccccc2)C(C)C2CC2)c1. The Hall–Kier alpha value is -2.29. The van der Waals surface area contributed by atoms with Crippen molar-refractivity contribution >= 4 is 5.91 Å². The Morgan fingerprint density at radius 3 is 2.57 bits per heavy atom. The molecular formula is C20H23NO2. The molecule has 1 atom stereocenters. The number of benzene rings is 2. The number of nitrogens with zero attached hydrogens (tertiary/aromatic N) is 1. The van der Waals surface area contributed by atoms with E-state index in [-0.39, 0.29) is 17.7 Å². The fourth-order valence-corrected chi connectivity index (χ4v) is 2.99. The Balaban J connectivity index is 1.90. The number of carbonyl (C=O) groups is 1. The van der Waals surface area contributed by atoms with Crippen LogP contribution in [0.15, 0.2) is 48.5 Å². The van der Waals surface area contributed by atoms with Crippen molar-refractivity contribution in [3.63, 3.8) is 0 Å². The molecule has 1 saturated carbocycles. The smallest absolute Gasteiger partial charge is 0.258 e. The Labute approximate surface area is 137 Å². The van der Waals surface area contributed by atoms with Crippen molar-refractivity contribution in [2.24, 2.45) is 5.92 Å². The Morgan fingerprint density at radius 2 is 1.91 bits per heavy atom. The van der Waals surface area contributed by atoms with Crippen molar-refractivity contribution in [2.45, 2.75) is 39.3 Å². The highest BCUT2D eigenvalue weighted by Gasteiger charge is 2.35. The summed E-state index contributed by atoms with van der Waals surface area (Å²) in [5.74, 6) is 0.547. The fraction of sp³-hybridized carbons (Fsp3) is 0.350. The lowest BCUT2D eigenvalue weighted by Crippen LogP contribution is -2.39. The zero-order chi connectivity index (χ0) is 16.4. The maximum absolute atomic E-state index is 13.1. The lowest BCUT2D eigenvalue weighted by Gasteiger charge is -2.30. The normalized spacial score (nSPS) is 15.2. The molecule has 0 saturated heterocycles. The van der Waals surface area contributed by atoms with Gasteiger partial charge in [0.2, 0.25) is 0 Å². The summed E-state index contributed by atoms with van der Waals surface area (Å²) < 4.78 is 0. The Kier molecular flexibility index (Phi) is 4.37. The molecule has 0 aliphatic heterocycles. The molecule has 1 aliphatic carbocycles. The van der Waals surface area contributed by atoms with E-state index in [9.17, 15) is 9.90 Å². The highest BCUT2D eigenvalue weighted by molar-refractivity contribution is 5.97. The molecule has 0 heterocycles. The van der Waals surface area contributed by atoms with Gasteiger partial charge in [0.1, 0.15) is 5.75 Å². The lowest BCUT2D eigenvalue weighted by atomic mass is 10.1. The molecular weight excluding hydrogens is 286 g/mol. The molecule has 1 aliphatic rings. The summed E-state index contributed by atoms with van der Waals surface area (Å²) in [6, 6.07) is 15.4. The van der Waals surface area contributed by atoms with E-state index in [1.165, 1.54) is 12.8 Å². The van der Waals surface area contributed by atoms with Crippen LogP contribution in [0, 0.1) is 12.8 Å². The van der Waals surface area contributed by atoms with Gasteiger partial charge in [-0.25, -0.2) is 0 Å². The first-order valence-electron chi connectivity index (χ1n) is 8.21. The Bertz CT molecular complexity index is 692. The van der Waals surface area contributed by atoms with Crippen molar-refractivity contribution in [1.29, 1.82) is 0 Å². The highest BCUT2D eigenvalue weighted by Crippen LogP contribution is 2.36. The largest absolute Gasteiger partial charge is 0.507 e. The third kappa shape index (κ3) is 3.55. The molecule has 0 bridgehead atoms.